The van der Waals surface area contributed by atoms with Crippen LogP contribution in [0.25, 0.3) is 0 Å². The maximum atomic E-state index is 11.8. The number of aryl methyl sites for hydroxylation is 1. The molecule has 0 saturated carbocycles. The SMILES string of the molecule is COc1cccc(OCC(=O)NCCC(O)c2cccn2C)c1. The van der Waals surface area contributed by atoms with E-state index < -0.39 is 6.10 Å². The summed E-state index contributed by atoms with van der Waals surface area (Å²) in [4.78, 5) is 11.8. The van der Waals surface area contributed by atoms with Gasteiger partial charge in [0.2, 0.25) is 0 Å². The molecule has 0 saturated heterocycles. The Morgan fingerprint density at radius 1 is 1.30 bits per heavy atom. The van der Waals surface area contributed by atoms with Gasteiger partial charge in [0.25, 0.3) is 5.91 Å². The van der Waals surface area contributed by atoms with Crippen molar-refractivity contribution in [2.75, 3.05) is 20.3 Å². The molecule has 0 fully saturated rings. The van der Waals surface area contributed by atoms with Crippen LogP contribution in [-0.4, -0.2) is 35.8 Å². The Morgan fingerprint density at radius 3 is 2.78 bits per heavy atom. The lowest BCUT2D eigenvalue weighted by Gasteiger charge is -2.13. The van der Waals surface area contributed by atoms with Crippen LogP contribution < -0.4 is 14.8 Å². The molecule has 2 aromatic rings. The standard InChI is InChI=1S/C17H22N2O4/c1-19-10-4-7-15(19)16(20)8-9-18-17(21)12-23-14-6-3-5-13(11-14)22-2/h3-7,10-11,16,20H,8-9,12H2,1-2H3,(H,18,21). The molecule has 0 radical (unpaired) electrons. The van der Waals surface area contributed by atoms with E-state index in [2.05, 4.69) is 5.32 Å². The molecule has 23 heavy (non-hydrogen) atoms. The maximum absolute atomic E-state index is 11.8. The highest BCUT2D eigenvalue weighted by atomic mass is 16.5. The number of methoxy groups -OCH3 is 1. The van der Waals surface area contributed by atoms with E-state index in [1.54, 1.807) is 31.4 Å². The van der Waals surface area contributed by atoms with Crippen molar-refractivity contribution in [1.82, 2.24) is 9.88 Å². The Labute approximate surface area is 135 Å². The van der Waals surface area contributed by atoms with Crippen molar-refractivity contribution in [3.05, 3.63) is 48.3 Å². The molecule has 0 spiro atoms. The fourth-order valence-corrected chi connectivity index (χ4v) is 2.21. The van der Waals surface area contributed by atoms with Crippen molar-refractivity contribution in [2.45, 2.75) is 12.5 Å². The number of benzene rings is 1. The first kappa shape index (κ1) is 16.9. The highest BCUT2D eigenvalue weighted by Gasteiger charge is 2.11. The number of aliphatic hydroxyl groups excluding tert-OH is 1. The summed E-state index contributed by atoms with van der Waals surface area (Å²) >= 11 is 0. The van der Waals surface area contributed by atoms with Crippen LogP contribution in [0.3, 0.4) is 0 Å². The largest absolute Gasteiger partial charge is 0.497 e. The molecular weight excluding hydrogens is 296 g/mol. The highest BCUT2D eigenvalue weighted by Crippen LogP contribution is 2.18. The lowest BCUT2D eigenvalue weighted by atomic mass is 10.2. The normalized spacial score (nSPS) is 11.8. The molecule has 1 aromatic carbocycles. The predicted octanol–water partition coefficient (Wildman–Crippen LogP) is 1.65. The molecule has 0 bridgehead atoms. The van der Waals surface area contributed by atoms with Crippen molar-refractivity contribution >= 4 is 5.91 Å². The Bertz CT molecular complexity index is 639. The third-order valence-corrected chi connectivity index (χ3v) is 3.48. The number of nitrogens with zero attached hydrogens (tertiary/aromatic N) is 1. The minimum atomic E-state index is -0.602. The molecule has 2 N–H and O–H groups in total. The molecule has 6 heteroatoms. The van der Waals surface area contributed by atoms with Crippen molar-refractivity contribution in [1.29, 1.82) is 0 Å². The zero-order chi connectivity index (χ0) is 16.7. The van der Waals surface area contributed by atoms with Gasteiger partial charge in [0.05, 0.1) is 13.2 Å². The summed E-state index contributed by atoms with van der Waals surface area (Å²) in [6.45, 7) is 0.306. The number of aliphatic hydroxyl groups is 1. The topological polar surface area (TPSA) is 72.7 Å². The van der Waals surface area contributed by atoms with Gasteiger partial charge in [0.15, 0.2) is 6.61 Å². The molecule has 1 amide bonds. The van der Waals surface area contributed by atoms with Crippen LogP contribution in [0.5, 0.6) is 11.5 Å². The first-order valence-corrected chi connectivity index (χ1v) is 7.43. The number of rotatable bonds is 8. The van der Waals surface area contributed by atoms with Gasteiger partial charge in [-0.05, 0) is 30.7 Å². The Kier molecular flexibility index (Phi) is 6.05. The molecule has 0 aliphatic carbocycles. The van der Waals surface area contributed by atoms with E-state index in [9.17, 15) is 9.90 Å². The van der Waals surface area contributed by atoms with E-state index in [1.807, 2.05) is 29.9 Å². The fourth-order valence-electron chi connectivity index (χ4n) is 2.21. The van der Waals surface area contributed by atoms with Gasteiger partial charge < -0.3 is 24.5 Å². The summed E-state index contributed by atoms with van der Waals surface area (Å²) in [5, 5.41) is 12.8. The van der Waals surface area contributed by atoms with E-state index in [1.165, 1.54) is 0 Å². The zero-order valence-corrected chi connectivity index (χ0v) is 13.4. The molecule has 1 unspecified atom stereocenters. The van der Waals surface area contributed by atoms with Crippen molar-refractivity contribution in [3.8, 4) is 11.5 Å². The van der Waals surface area contributed by atoms with Gasteiger partial charge in [-0.25, -0.2) is 0 Å². The predicted molar refractivity (Wildman–Crippen MR) is 86.5 cm³/mol. The highest BCUT2D eigenvalue weighted by molar-refractivity contribution is 5.77. The quantitative estimate of drug-likeness (QED) is 0.776. The average molecular weight is 318 g/mol. The number of amides is 1. The smallest absolute Gasteiger partial charge is 0.257 e. The number of ether oxygens (including phenoxy) is 2. The Balaban J connectivity index is 1.70. The molecular formula is C17H22N2O4. The first-order chi connectivity index (χ1) is 11.1. The number of carbonyl (C=O) groups is 1. The summed E-state index contributed by atoms with van der Waals surface area (Å²) in [5.74, 6) is 1.02. The third kappa shape index (κ3) is 5.03. The van der Waals surface area contributed by atoms with E-state index in [0.717, 1.165) is 5.69 Å². The molecule has 124 valence electrons. The summed E-state index contributed by atoms with van der Waals surface area (Å²) in [7, 11) is 3.45. The number of hydrogen-bond acceptors (Lipinski definition) is 4. The van der Waals surface area contributed by atoms with E-state index >= 15 is 0 Å². The van der Waals surface area contributed by atoms with Crippen LogP contribution in [-0.2, 0) is 11.8 Å². The molecule has 2 rings (SSSR count). The van der Waals surface area contributed by atoms with E-state index in [0.29, 0.717) is 24.5 Å². The monoisotopic (exact) mass is 318 g/mol. The van der Waals surface area contributed by atoms with Crippen LogP contribution in [0.1, 0.15) is 18.2 Å². The lowest BCUT2D eigenvalue weighted by molar-refractivity contribution is -0.123. The second-order valence-corrected chi connectivity index (χ2v) is 5.17. The van der Waals surface area contributed by atoms with Crippen LogP contribution >= 0.6 is 0 Å². The zero-order valence-electron chi connectivity index (χ0n) is 13.4. The van der Waals surface area contributed by atoms with Crippen molar-refractivity contribution in [2.24, 2.45) is 7.05 Å². The third-order valence-electron chi connectivity index (χ3n) is 3.48. The summed E-state index contributed by atoms with van der Waals surface area (Å²) in [6.07, 6.45) is 1.72. The molecule has 6 nitrogen and oxygen atoms in total. The first-order valence-electron chi connectivity index (χ1n) is 7.43. The van der Waals surface area contributed by atoms with Crippen LogP contribution in [0.2, 0.25) is 0 Å². The molecule has 0 aliphatic heterocycles. The minimum Gasteiger partial charge on any atom is -0.497 e. The Morgan fingerprint density at radius 2 is 2.09 bits per heavy atom. The second-order valence-electron chi connectivity index (χ2n) is 5.17. The Hall–Kier alpha value is -2.47. The van der Waals surface area contributed by atoms with E-state index in [-0.39, 0.29) is 12.5 Å². The van der Waals surface area contributed by atoms with Gasteiger partial charge in [0.1, 0.15) is 11.5 Å². The number of hydrogen-bond donors (Lipinski definition) is 2. The van der Waals surface area contributed by atoms with Gasteiger partial charge in [-0.2, -0.15) is 0 Å². The fraction of sp³-hybridized carbons (Fsp3) is 0.353. The second kappa shape index (κ2) is 8.24. The van der Waals surface area contributed by atoms with Crippen molar-refractivity contribution in [3.63, 3.8) is 0 Å². The molecule has 0 aliphatic rings. The number of nitrogens with one attached hydrogen (secondary N) is 1. The maximum Gasteiger partial charge on any atom is 0.257 e. The number of aromatic nitrogens is 1. The number of carbonyl (C=O) groups excluding carboxylic acids is 1. The molecule has 1 aromatic heterocycles. The van der Waals surface area contributed by atoms with Crippen LogP contribution in [0.4, 0.5) is 0 Å². The van der Waals surface area contributed by atoms with Crippen molar-refractivity contribution < 1.29 is 19.4 Å². The van der Waals surface area contributed by atoms with E-state index in [4.69, 9.17) is 9.47 Å². The van der Waals surface area contributed by atoms with Crippen LogP contribution in [0.15, 0.2) is 42.6 Å². The van der Waals surface area contributed by atoms with Gasteiger partial charge in [0, 0.05) is 31.5 Å². The van der Waals surface area contributed by atoms with Gasteiger partial charge in [-0.3, -0.25) is 4.79 Å². The summed E-state index contributed by atoms with van der Waals surface area (Å²) in [6, 6.07) is 10.8. The molecule has 1 heterocycles. The average Bonchev–Trinajstić information content (AvgIpc) is 2.99. The van der Waals surface area contributed by atoms with Gasteiger partial charge in [-0.1, -0.05) is 6.07 Å². The van der Waals surface area contributed by atoms with Crippen LogP contribution in [0, 0.1) is 0 Å². The summed E-state index contributed by atoms with van der Waals surface area (Å²) in [5.41, 5.74) is 0.826. The molecule has 1 atom stereocenters. The minimum absolute atomic E-state index is 0.0760. The summed E-state index contributed by atoms with van der Waals surface area (Å²) < 4.78 is 12.3. The van der Waals surface area contributed by atoms with Gasteiger partial charge >= 0.3 is 0 Å². The lowest BCUT2D eigenvalue weighted by Crippen LogP contribution is -2.30. The van der Waals surface area contributed by atoms with Gasteiger partial charge in [-0.15, -0.1) is 0 Å².